The van der Waals surface area contributed by atoms with E-state index in [1.165, 1.54) is 0 Å². The van der Waals surface area contributed by atoms with Gasteiger partial charge in [0.15, 0.2) is 4.60 Å². The molecule has 0 spiro atoms. The third kappa shape index (κ3) is 2.11. The molecule has 1 aromatic heterocycles. The first-order valence-corrected chi connectivity index (χ1v) is 5.30. The van der Waals surface area contributed by atoms with Gasteiger partial charge in [0, 0.05) is 5.56 Å². The van der Waals surface area contributed by atoms with Crippen LogP contribution in [0.3, 0.4) is 0 Å². The fraction of sp³-hybridized carbons (Fsp3) is 0.100. The smallest absolute Gasteiger partial charge is 0.240 e. The van der Waals surface area contributed by atoms with E-state index in [2.05, 4.69) is 31.1 Å². The number of nitrogens with two attached hydrogens (primary N) is 1. The summed E-state index contributed by atoms with van der Waals surface area (Å²) < 4.78 is 5.69. The number of benzene rings is 1. The molecule has 0 bridgehead atoms. The largest absolute Gasteiger partial charge is 0.497 e. The van der Waals surface area contributed by atoms with Crippen molar-refractivity contribution in [3.8, 4) is 17.0 Å². The molecule has 0 atom stereocenters. The zero-order valence-corrected chi connectivity index (χ0v) is 10.1. The maximum Gasteiger partial charge on any atom is 0.240 e. The number of ether oxygens (including phenoxy) is 1. The molecule has 1 heterocycles. The van der Waals surface area contributed by atoms with E-state index in [9.17, 15) is 0 Å². The second-order valence-electron chi connectivity index (χ2n) is 3.04. The Hall–Kier alpha value is -1.69. The monoisotopic (exact) mass is 280 g/mol. The van der Waals surface area contributed by atoms with Crippen molar-refractivity contribution < 1.29 is 4.74 Å². The van der Waals surface area contributed by atoms with E-state index < -0.39 is 0 Å². The number of halogens is 1. The van der Waals surface area contributed by atoms with Crippen molar-refractivity contribution >= 4 is 21.9 Å². The third-order valence-corrected chi connectivity index (χ3v) is 2.54. The Morgan fingerprint density at radius 2 is 2.12 bits per heavy atom. The number of nitrogens with zero attached hydrogens (tertiary/aromatic N) is 3. The zero-order valence-electron chi connectivity index (χ0n) is 8.51. The average Bonchev–Trinajstić information content (AvgIpc) is 2.32. The summed E-state index contributed by atoms with van der Waals surface area (Å²) in [5, 5.41) is 7.49. The van der Waals surface area contributed by atoms with E-state index in [0.29, 0.717) is 10.3 Å². The van der Waals surface area contributed by atoms with Crippen LogP contribution in [0.5, 0.6) is 5.75 Å². The van der Waals surface area contributed by atoms with Gasteiger partial charge in [-0.3, -0.25) is 0 Å². The summed E-state index contributed by atoms with van der Waals surface area (Å²) >= 11 is 3.28. The van der Waals surface area contributed by atoms with Crippen molar-refractivity contribution in [2.75, 3.05) is 12.8 Å². The van der Waals surface area contributed by atoms with E-state index in [-0.39, 0.29) is 5.95 Å². The maximum atomic E-state index is 5.50. The van der Waals surface area contributed by atoms with Crippen molar-refractivity contribution in [3.05, 3.63) is 28.9 Å². The number of aromatic nitrogens is 3. The second-order valence-corrected chi connectivity index (χ2v) is 3.79. The highest BCUT2D eigenvalue weighted by Gasteiger charge is 2.08. The molecule has 0 saturated heterocycles. The molecule has 0 aliphatic heterocycles. The van der Waals surface area contributed by atoms with Crippen LogP contribution in [-0.4, -0.2) is 22.3 Å². The highest BCUT2D eigenvalue weighted by atomic mass is 79.9. The molecule has 2 rings (SSSR count). The molecule has 5 nitrogen and oxygen atoms in total. The summed E-state index contributed by atoms with van der Waals surface area (Å²) in [4.78, 5) is 4.12. The molecule has 0 amide bonds. The van der Waals surface area contributed by atoms with Crippen LogP contribution >= 0.6 is 15.9 Å². The van der Waals surface area contributed by atoms with Gasteiger partial charge in [-0.1, -0.05) is 12.1 Å². The Morgan fingerprint density at radius 1 is 1.31 bits per heavy atom. The van der Waals surface area contributed by atoms with Gasteiger partial charge < -0.3 is 10.5 Å². The lowest BCUT2D eigenvalue weighted by Crippen LogP contribution is -2.00. The molecule has 0 unspecified atom stereocenters. The highest BCUT2D eigenvalue weighted by molar-refractivity contribution is 9.10. The Balaban J connectivity index is 2.53. The molecule has 2 aromatic rings. The fourth-order valence-electron chi connectivity index (χ4n) is 1.28. The van der Waals surface area contributed by atoms with Crippen molar-refractivity contribution in [1.82, 2.24) is 15.2 Å². The maximum absolute atomic E-state index is 5.50. The molecular weight excluding hydrogens is 272 g/mol. The zero-order chi connectivity index (χ0) is 11.5. The first-order chi connectivity index (χ1) is 7.70. The molecule has 16 heavy (non-hydrogen) atoms. The van der Waals surface area contributed by atoms with Crippen LogP contribution in [0.25, 0.3) is 11.3 Å². The van der Waals surface area contributed by atoms with E-state index in [1.807, 2.05) is 24.3 Å². The minimum Gasteiger partial charge on any atom is -0.497 e. The summed E-state index contributed by atoms with van der Waals surface area (Å²) in [6.45, 7) is 0. The van der Waals surface area contributed by atoms with Gasteiger partial charge in [-0.25, -0.2) is 4.98 Å². The predicted molar refractivity (Wildman–Crippen MR) is 63.9 cm³/mol. The minimum absolute atomic E-state index is 0.140. The van der Waals surface area contributed by atoms with Crippen LogP contribution in [-0.2, 0) is 0 Å². The SMILES string of the molecule is COc1cccc(-c2nc(N)nnc2Br)c1. The summed E-state index contributed by atoms with van der Waals surface area (Å²) in [6.07, 6.45) is 0. The van der Waals surface area contributed by atoms with Crippen molar-refractivity contribution in [2.24, 2.45) is 0 Å². The molecule has 2 N–H and O–H groups in total. The first kappa shape index (κ1) is 10.8. The van der Waals surface area contributed by atoms with Crippen LogP contribution < -0.4 is 10.5 Å². The van der Waals surface area contributed by atoms with E-state index in [4.69, 9.17) is 10.5 Å². The lowest BCUT2D eigenvalue weighted by atomic mass is 10.1. The number of nitrogen functional groups attached to an aromatic ring is 1. The van der Waals surface area contributed by atoms with Gasteiger partial charge in [0.05, 0.1) is 7.11 Å². The molecule has 1 aromatic carbocycles. The highest BCUT2D eigenvalue weighted by Crippen LogP contribution is 2.27. The van der Waals surface area contributed by atoms with Gasteiger partial charge in [0.25, 0.3) is 0 Å². The van der Waals surface area contributed by atoms with Crippen LogP contribution in [0.4, 0.5) is 5.95 Å². The third-order valence-electron chi connectivity index (χ3n) is 2.01. The standard InChI is InChI=1S/C10H9BrN4O/c1-16-7-4-2-3-6(5-7)8-9(11)14-15-10(12)13-8/h2-5H,1H3,(H2,12,13,15). The molecule has 0 aliphatic rings. The molecule has 0 aliphatic carbocycles. The molecule has 82 valence electrons. The Bertz CT molecular complexity index is 518. The van der Waals surface area contributed by atoms with E-state index >= 15 is 0 Å². The van der Waals surface area contributed by atoms with Gasteiger partial charge in [-0.2, -0.15) is 0 Å². The van der Waals surface area contributed by atoms with Crippen molar-refractivity contribution in [3.63, 3.8) is 0 Å². The molecule has 6 heteroatoms. The minimum atomic E-state index is 0.140. The number of rotatable bonds is 2. The van der Waals surface area contributed by atoms with Gasteiger partial charge in [-0.15, -0.1) is 10.2 Å². The normalized spacial score (nSPS) is 10.1. The lowest BCUT2D eigenvalue weighted by molar-refractivity contribution is 0.415. The number of anilines is 1. The predicted octanol–water partition coefficient (Wildman–Crippen LogP) is 1.89. The lowest BCUT2D eigenvalue weighted by Gasteiger charge is -2.05. The molecular formula is C10H9BrN4O. The molecule has 0 fully saturated rings. The average molecular weight is 281 g/mol. The Morgan fingerprint density at radius 3 is 2.88 bits per heavy atom. The fourth-order valence-corrected chi connectivity index (χ4v) is 1.68. The van der Waals surface area contributed by atoms with Crippen molar-refractivity contribution in [1.29, 1.82) is 0 Å². The summed E-state index contributed by atoms with van der Waals surface area (Å²) in [5.41, 5.74) is 7.01. The number of hydrogen-bond acceptors (Lipinski definition) is 5. The van der Waals surface area contributed by atoms with Crippen LogP contribution in [0.2, 0.25) is 0 Å². The van der Waals surface area contributed by atoms with Crippen molar-refractivity contribution in [2.45, 2.75) is 0 Å². The van der Waals surface area contributed by atoms with E-state index in [0.717, 1.165) is 11.3 Å². The van der Waals surface area contributed by atoms with Crippen LogP contribution in [0.15, 0.2) is 28.9 Å². The van der Waals surface area contributed by atoms with Crippen LogP contribution in [0, 0.1) is 0 Å². The van der Waals surface area contributed by atoms with Gasteiger partial charge in [-0.05, 0) is 28.1 Å². The second kappa shape index (κ2) is 4.44. The number of hydrogen-bond donors (Lipinski definition) is 1. The van der Waals surface area contributed by atoms with Gasteiger partial charge in [0.1, 0.15) is 11.4 Å². The molecule has 0 saturated carbocycles. The number of methoxy groups -OCH3 is 1. The topological polar surface area (TPSA) is 73.9 Å². The first-order valence-electron chi connectivity index (χ1n) is 4.51. The Kier molecular flexibility index (Phi) is 3.00. The van der Waals surface area contributed by atoms with E-state index in [1.54, 1.807) is 7.11 Å². The summed E-state index contributed by atoms with van der Waals surface area (Å²) in [6, 6.07) is 7.49. The quantitative estimate of drug-likeness (QED) is 0.909. The molecule has 0 radical (unpaired) electrons. The van der Waals surface area contributed by atoms with Gasteiger partial charge >= 0.3 is 0 Å². The summed E-state index contributed by atoms with van der Waals surface area (Å²) in [7, 11) is 1.61. The summed E-state index contributed by atoms with van der Waals surface area (Å²) in [5.74, 6) is 0.891. The Labute approximate surface area is 101 Å². The van der Waals surface area contributed by atoms with Crippen LogP contribution in [0.1, 0.15) is 0 Å². The van der Waals surface area contributed by atoms with Gasteiger partial charge in [0.2, 0.25) is 5.95 Å².